The van der Waals surface area contributed by atoms with E-state index in [2.05, 4.69) is 11.6 Å². The number of aromatic nitrogens is 2. The second kappa shape index (κ2) is 2.95. The highest BCUT2D eigenvalue weighted by atomic mass is 32.1. The first-order valence-corrected chi connectivity index (χ1v) is 4.47. The van der Waals surface area contributed by atoms with E-state index in [1.807, 2.05) is 28.3 Å². The summed E-state index contributed by atoms with van der Waals surface area (Å²) in [6, 6.07) is 4.06. The Morgan fingerprint density at radius 2 is 2.50 bits per heavy atom. The molecule has 0 N–H and O–H groups in total. The van der Waals surface area contributed by atoms with Gasteiger partial charge in [0.1, 0.15) is 0 Å². The molecule has 0 aliphatic heterocycles. The molecule has 0 aliphatic rings. The predicted molar refractivity (Wildman–Crippen MR) is 51.0 cm³/mol. The van der Waals surface area contributed by atoms with Gasteiger partial charge in [-0.05, 0) is 11.4 Å². The summed E-state index contributed by atoms with van der Waals surface area (Å²) in [6.45, 7) is 3.97. The first kappa shape index (κ1) is 7.31. The average molecular weight is 176 g/mol. The molecule has 0 amide bonds. The Hall–Kier alpha value is -1.35. The van der Waals surface area contributed by atoms with Crippen molar-refractivity contribution in [1.82, 2.24) is 9.55 Å². The minimum absolute atomic E-state index is 0.975. The molecule has 0 saturated carbocycles. The van der Waals surface area contributed by atoms with Crippen LogP contribution in [-0.2, 0) is 0 Å². The van der Waals surface area contributed by atoms with Crippen LogP contribution in [0.25, 0.3) is 5.70 Å². The zero-order valence-electron chi connectivity index (χ0n) is 6.47. The van der Waals surface area contributed by atoms with Crippen LogP contribution >= 0.6 is 11.3 Å². The molecule has 2 aromatic heterocycles. The third-order valence-corrected chi connectivity index (χ3v) is 2.54. The maximum absolute atomic E-state index is 3.97. The van der Waals surface area contributed by atoms with Crippen LogP contribution in [0, 0.1) is 0 Å². The molecule has 0 saturated heterocycles. The summed E-state index contributed by atoms with van der Waals surface area (Å²) in [4.78, 5) is 5.13. The Balaban J connectivity index is 2.34. The van der Waals surface area contributed by atoms with Crippen molar-refractivity contribution in [3.8, 4) is 0 Å². The van der Waals surface area contributed by atoms with Crippen LogP contribution in [0.2, 0.25) is 0 Å². The van der Waals surface area contributed by atoms with Crippen molar-refractivity contribution in [2.75, 3.05) is 0 Å². The van der Waals surface area contributed by atoms with E-state index in [1.54, 1.807) is 23.9 Å². The molecule has 0 unspecified atom stereocenters. The Bertz CT molecular complexity index is 323. The lowest BCUT2D eigenvalue weighted by Gasteiger charge is -2.01. The minimum Gasteiger partial charge on any atom is -0.306 e. The summed E-state index contributed by atoms with van der Waals surface area (Å²) < 4.78 is 1.91. The van der Waals surface area contributed by atoms with Crippen molar-refractivity contribution in [1.29, 1.82) is 0 Å². The van der Waals surface area contributed by atoms with Crippen molar-refractivity contribution in [3.63, 3.8) is 0 Å². The summed E-state index contributed by atoms with van der Waals surface area (Å²) in [7, 11) is 0. The normalized spacial score (nSPS) is 10.0. The van der Waals surface area contributed by atoms with Gasteiger partial charge in [0.05, 0.1) is 16.9 Å². The number of thiophene rings is 1. The Morgan fingerprint density at radius 1 is 1.58 bits per heavy atom. The van der Waals surface area contributed by atoms with Crippen LogP contribution in [0.1, 0.15) is 4.88 Å². The molecule has 0 atom stereocenters. The SMILES string of the molecule is C=C(c1cccs1)n1ccnc1. The van der Waals surface area contributed by atoms with Crippen LogP contribution < -0.4 is 0 Å². The topological polar surface area (TPSA) is 17.8 Å². The third kappa shape index (κ3) is 1.19. The van der Waals surface area contributed by atoms with E-state index in [9.17, 15) is 0 Å². The smallest absolute Gasteiger partial charge is 0.0991 e. The van der Waals surface area contributed by atoms with Gasteiger partial charge in [0, 0.05) is 12.4 Å². The van der Waals surface area contributed by atoms with E-state index < -0.39 is 0 Å². The van der Waals surface area contributed by atoms with E-state index in [0.29, 0.717) is 0 Å². The second-order valence-corrected chi connectivity index (χ2v) is 3.34. The van der Waals surface area contributed by atoms with Crippen LogP contribution in [0.5, 0.6) is 0 Å². The van der Waals surface area contributed by atoms with Crippen LogP contribution in [0.3, 0.4) is 0 Å². The van der Waals surface area contributed by atoms with E-state index in [4.69, 9.17) is 0 Å². The second-order valence-electron chi connectivity index (χ2n) is 2.39. The molecule has 2 nitrogen and oxygen atoms in total. The Morgan fingerprint density at radius 3 is 3.08 bits per heavy atom. The van der Waals surface area contributed by atoms with Gasteiger partial charge in [-0.25, -0.2) is 4.98 Å². The first-order chi connectivity index (χ1) is 5.88. The fourth-order valence-corrected chi connectivity index (χ4v) is 1.69. The van der Waals surface area contributed by atoms with Gasteiger partial charge in [0.2, 0.25) is 0 Å². The number of nitrogens with zero attached hydrogens (tertiary/aromatic N) is 2. The van der Waals surface area contributed by atoms with Crippen LogP contribution in [0.15, 0.2) is 42.8 Å². The van der Waals surface area contributed by atoms with Crippen molar-refractivity contribution in [3.05, 3.63) is 47.7 Å². The van der Waals surface area contributed by atoms with Crippen molar-refractivity contribution in [2.45, 2.75) is 0 Å². The maximum Gasteiger partial charge on any atom is 0.0991 e. The highest BCUT2D eigenvalue weighted by Gasteiger charge is 1.99. The number of hydrogen-bond acceptors (Lipinski definition) is 2. The number of imidazole rings is 1. The molecule has 60 valence electrons. The zero-order valence-corrected chi connectivity index (χ0v) is 7.29. The van der Waals surface area contributed by atoms with Crippen molar-refractivity contribution < 1.29 is 0 Å². The molecule has 0 fully saturated rings. The van der Waals surface area contributed by atoms with E-state index >= 15 is 0 Å². The zero-order chi connectivity index (χ0) is 8.39. The van der Waals surface area contributed by atoms with Gasteiger partial charge in [-0.1, -0.05) is 12.6 Å². The summed E-state index contributed by atoms with van der Waals surface area (Å²) in [5, 5.41) is 2.04. The molecule has 0 spiro atoms. The van der Waals surface area contributed by atoms with Crippen molar-refractivity contribution >= 4 is 17.0 Å². The van der Waals surface area contributed by atoms with Crippen LogP contribution in [-0.4, -0.2) is 9.55 Å². The highest BCUT2D eigenvalue weighted by molar-refractivity contribution is 7.11. The van der Waals surface area contributed by atoms with E-state index in [1.165, 1.54) is 4.88 Å². The van der Waals surface area contributed by atoms with Gasteiger partial charge < -0.3 is 4.57 Å². The van der Waals surface area contributed by atoms with Gasteiger partial charge in [0.15, 0.2) is 0 Å². The number of rotatable bonds is 2. The lowest BCUT2D eigenvalue weighted by atomic mass is 10.4. The fraction of sp³-hybridized carbons (Fsp3) is 0. The summed E-state index contributed by atoms with van der Waals surface area (Å²) in [6.07, 6.45) is 5.39. The van der Waals surface area contributed by atoms with Gasteiger partial charge in [-0.15, -0.1) is 11.3 Å². The summed E-state index contributed by atoms with van der Waals surface area (Å²) >= 11 is 1.68. The average Bonchev–Trinajstić information content (AvgIpc) is 2.77. The molecule has 12 heavy (non-hydrogen) atoms. The fourth-order valence-electron chi connectivity index (χ4n) is 0.989. The quantitative estimate of drug-likeness (QED) is 0.687. The molecule has 0 radical (unpaired) electrons. The van der Waals surface area contributed by atoms with E-state index in [0.717, 1.165) is 5.70 Å². The molecular formula is C9H8N2S. The molecule has 2 rings (SSSR count). The van der Waals surface area contributed by atoms with Gasteiger partial charge in [-0.3, -0.25) is 0 Å². The molecule has 0 aliphatic carbocycles. The maximum atomic E-state index is 3.97. The molecule has 3 heteroatoms. The number of hydrogen-bond donors (Lipinski definition) is 0. The Labute approximate surface area is 74.8 Å². The van der Waals surface area contributed by atoms with Crippen LogP contribution in [0.4, 0.5) is 0 Å². The molecule has 0 aromatic carbocycles. The first-order valence-electron chi connectivity index (χ1n) is 3.59. The molecule has 2 aromatic rings. The van der Waals surface area contributed by atoms with Gasteiger partial charge in [0.25, 0.3) is 0 Å². The largest absolute Gasteiger partial charge is 0.306 e. The lowest BCUT2D eigenvalue weighted by Crippen LogP contribution is -1.90. The van der Waals surface area contributed by atoms with Gasteiger partial charge >= 0.3 is 0 Å². The molecular weight excluding hydrogens is 168 g/mol. The summed E-state index contributed by atoms with van der Waals surface area (Å²) in [5.74, 6) is 0. The Kier molecular flexibility index (Phi) is 1.80. The molecule has 0 bridgehead atoms. The predicted octanol–water partition coefficient (Wildman–Crippen LogP) is 2.46. The van der Waals surface area contributed by atoms with Gasteiger partial charge in [-0.2, -0.15) is 0 Å². The molecule has 2 heterocycles. The third-order valence-electron chi connectivity index (χ3n) is 1.62. The monoisotopic (exact) mass is 176 g/mol. The van der Waals surface area contributed by atoms with Crippen molar-refractivity contribution in [2.24, 2.45) is 0 Å². The lowest BCUT2D eigenvalue weighted by molar-refractivity contribution is 1.10. The standard InChI is InChI=1S/C9H8N2S/c1-8(9-3-2-6-12-9)11-5-4-10-7-11/h2-7H,1H2. The van der Waals surface area contributed by atoms with E-state index in [-0.39, 0.29) is 0 Å². The minimum atomic E-state index is 0.975. The summed E-state index contributed by atoms with van der Waals surface area (Å²) in [5.41, 5.74) is 0.975. The highest BCUT2D eigenvalue weighted by Crippen LogP contribution is 2.19.